The number of nitrogens with zero attached hydrogens (tertiary/aromatic N) is 1. The van der Waals surface area contributed by atoms with Crippen LogP contribution in [0.25, 0.3) is 0 Å². The number of hydrogen-bond acceptors (Lipinski definition) is 3. The summed E-state index contributed by atoms with van der Waals surface area (Å²) in [6.45, 7) is 16.7. The van der Waals surface area contributed by atoms with Crippen LogP contribution in [0.5, 0.6) is 0 Å². The van der Waals surface area contributed by atoms with E-state index in [0.717, 1.165) is 19.0 Å². The minimum atomic E-state index is -0.437. The summed E-state index contributed by atoms with van der Waals surface area (Å²) >= 11 is 0. The van der Waals surface area contributed by atoms with Gasteiger partial charge >= 0.3 is 6.09 Å². The summed E-state index contributed by atoms with van der Waals surface area (Å²) in [5.41, 5.74) is -0.437. The molecule has 1 amide bonds. The highest BCUT2D eigenvalue weighted by molar-refractivity contribution is 5.68. The number of carbonyl (C=O) groups is 1. The maximum Gasteiger partial charge on any atom is 0.410 e. The second kappa shape index (κ2) is 9.22. The molecule has 0 spiro atoms. The van der Waals surface area contributed by atoms with Crippen molar-refractivity contribution in [1.29, 1.82) is 0 Å². The van der Waals surface area contributed by atoms with Gasteiger partial charge in [-0.25, -0.2) is 4.79 Å². The van der Waals surface area contributed by atoms with Gasteiger partial charge in [-0.2, -0.15) is 0 Å². The quantitative estimate of drug-likeness (QED) is 0.692. The smallest absolute Gasteiger partial charge is 0.410 e. The van der Waals surface area contributed by atoms with Gasteiger partial charge in [-0.15, -0.1) is 0 Å². The van der Waals surface area contributed by atoms with Crippen LogP contribution in [0.2, 0.25) is 0 Å². The highest BCUT2D eigenvalue weighted by Crippen LogP contribution is 2.11. The van der Waals surface area contributed by atoms with Crippen molar-refractivity contribution >= 4 is 6.09 Å². The van der Waals surface area contributed by atoms with E-state index in [2.05, 4.69) is 19.2 Å². The van der Waals surface area contributed by atoms with E-state index in [4.69, 9.17) is 4.74 Å². The lowest BCUT2D eigenvalue weighted by Crippen LogP contribution is -2.44. The van der Waals surface area contributed by atoms with E-state index in [9.17, 15) is 4.79 Å². The molecule has 0 bridgehead atoms. The zero-order valence-corrected chi connectivity index (χ0v) is 14.5. The lowest BCUT2D eigenvalue weighted by Gasteiger charge is -2.30. The fraction of sp³-hybridized carbons (Fsp3) is 0.938. The average molecular weight is 286 g/mol. The predicted octanol–water partition coefficient (Wildman–Crippen LogP) is 3.66. The average Bonchev–Trinajstić information content (AvgIpc) is 2.31. The van der Waals surface area contributed by atoms with Crippen molar-refractivity contribution in [3.63, 3.8) is 0 Å². The van der Waals surface area contributed by atoms with Crippen molar-refractivity contribution in [3.8, 4) is 0 Å². The van der Waals surface area contributed by atoms with Crippen LogP contribution >= 0.6 is 0 Å². The van der Waals surface area contributed by atoms with Gasteiger partial charge in [0, 0.05) is 19.1 Å². The monoisotopic (exact) mass is 286 g/mol. The second-order valence-electron chi connectivity index (χ2n) is 6.65. The molecule has 0 aromatic heterocycles. The van der Waals surface area contributed by atoms with E-state index >= 15 is 0 Å². The molecule has 0 aromatic rings. The van der Waals surface area contributed by atoms with Gasteiger partial charge in [0.05, 0.1) is 0 Å². The van der Waals surface area contributed by atoms with E-state index in [0.29, 0.717) is 6.54 Å². The molecule has 0 atom stereocenters. The first-order chi connectivity index (χ1) is 9.21. The van der Waals surface area contributed by atoms with Crippen molar-refractivity contribution in [1.82, 2.24) is 10.2 Å². The zero-order chi connectivity index (χ0) is 15.8. The van der Waals surface area contributed by atoms with Crippen LogP contribution in [0.15, 0.2) is 0 Å². The third kappa shape index (κ3) is 8.41. The molecule has 4 nitrogen and oxygen atoms in total. The Balaban J connectivity index is 4.19. The summed E-state index contributed by atoms with van der Waals surface area (Å²) in [7, 11) is 0. The highest BCUT2D eigenvalue weighted by atomic mass is 16.6. The van der Waals surface area contributed by atoms with Gasteiger partial charge in [0.2, 0.25) is 0 Å². The van der Waals surface area contributed by atoms with Gasteiger partial charge in [-0.05, 0) is 47.1 Å². The van der Waals surface area contributed by atoms with Crippen molar-refractivity contribution < 1.29 is 9.53 Å². The van der Waals surface area contributed by atoms with Crippen molar-refractivity contribution in [2.24, 2.45) is 5.92 Å². The number of amides is 1. The molecule has 0 saturated heterocycles. The minimum absolute atomic E-state index is 0.153. The second-order valence-corrected chi connectivity index (χ2v) is 6.65. The molecule has 0 rings (SSSR count). The molecule has 1 N–H and O–H groups in total. The molecular weight excluding hydrogens is 252 g/mol. The number of hydrogen-bond donors (Lipinski definition) is 1. The fourth-order valence-electron chi connectivity index (χ4n) is 1.96. The number of carbonyl (C=O) groups excluding carboxylic acids is 1. The van der Waals surface area contributed by atoms with Crippen LogP contribution < -0.4 is 5.32 Å². The van der Waals surface area contributed by atoms with Gasteiger partial charge in [0.15, 0.2) is 0 Å². The summed E-state index contributed by atoms with van der Waals surface area (Å²) in [6.07, 6.45) is 2.17. The van der Waals surface area contributed by atoms with E-state index in [1.807, 2.05) is 34.6 Å². The summed E-state index contributed by atoms with van der Waals surface area (Å²) in [6, 6.07) is 0.153. The van der Waals surface area contributed by atoms with Crippen LogP contribution in [-0.2, 0) is 4.74 Å². The van der Waals surface area contributed by atoms with Gasteiger partial charge in [0.1, 0.15) is 5.60 Å². The van der Waals surface area contributed by atoms with E-state index in [-0.39, 0.29) is 12.1 Å². The molecule has 0 radical (unpaired) electrons. The molecule has 0 fully saturated rings. The van der Waals surface area contributed by atoms with Crippen LogP contribution in [-0.4, -0.2) is 42.3 Å². The Labute approximate surface area is 125 Å². The fourth-order valence-corrected chi connectivity index (χ4v) is 1.96. The predicted molar refractivity (Wildman–Crippen MR) is 85.0 cm³/mol. The Bertz CT molecular complexity index is 268. The first kappa shape index (κ1) is 19.2. The molecule has 4 heteroatoms. The van der Waals surface area contributed by atoms with E-state index in [1.54, 1.807) is 4.90 Å². The minimum Gasteiger partial charge on any atom is -0.444 e. The van der Waals surface area contributed by atoms with Crippen LogP contribution in [0.4, 0.5) is 4.79 Å². The SMILES string of the molecule is CCC(CC)CNCCN(C(=O)OC(C)(C)C)C(C)C. The standard InChI is InChI=1S/C16H34N2O2/c1-8-14(9-2)12-17-10-11-18(13(3)4)15(19)20-16(5,6)7/h13-14,17H,8-12H2,1-7H3. The summed E-state index contributed by atoms with van der Waals surface area (Å²) in [5.74, 6) is 0.726. The third-order valence-electron chi connectivity index (χ3n) is 3.37. The van der Waals surface area contributed by atoms with Crippen molar-refractivity contribution in [3.05, 3.63) is 0 Å². The molecule has 0 aromatic carbocycles. The van der Waals surface area contributed by atoms with Crippen LogP contribution in [0.3, 0.4) is 0 Å². The first-order valence-corrected chi connectivity index (χ1v) is 7.91. The topological polar surface area (TPSA) is 41.6 Å². The van der Waals surface area contributed by atoms with E-state index in [1.165, 1.54) is 12.8 Å². The summed E-state index contributed by atoms with van der Waals surface area (Å²) in [4.78, 5) is 13.9. The largest absolute Gasteiger partial charge is 0.444 e. The maximum absolute atomic E-state index is 12.1. The number of ether oxygens (including phenoxy) is 1. The lowest BCUT2D eigenvalue weighted by molar-refractivity contribution is 0.0193. The number of rotatable bonds is 8. The van der Waals surface area contributed by atoms with Gasteiger partial charge < -0.3 is 15.0 Å². The van der Waals surface area contributed by atoms with Crippen molar-refractivity contribution in [2.45, 2.75) is 73.0 Å². The zero-order valence-electron chi connectivity index (χ0n) is 14.5. The van der Waals surface area contributed by atoms with Gasteiger partial charge in [-0.1, -0.05) is 26.7 Å². The molecule has 120 valence electrons. The Morgan fingerprint density at radius 3 is 2.15 bits per heavy atom. The molecule has 20 heavy (non-hydrogen) atoms. The summed E-state index contributed by atoms with van der Waals surface area (Å²) < 4.78 is 5.44. The molecule has 0 saturated carbocycles. The summed E-state index contributed by atoms with van der Waals surface area (Å²) in [5, 5.41) is 3.44. The highest BCUT2D eigenvalue weighted by Gasteiger charge is 2.23. The first-order valence-electron chi connectivity index (χ1n) is 7.91. The molecule has 0 aliphatic rings. The Morgan fingerprint density at radius 1 is 1.20 bits per heavy atom. The third-order valence-corrected chi connectivity index (χ3v) is 3.37. The van der Waals surface area contributed by atoms with Gasteiger partial charge in [-0.3, -0.25) is 0 Å². The number of nitrogens with one attached hydrogen (secondary N) is 1. The Hall–Kier alpha value is -0.770. The normalized spacial score (nSPS) is 12.1. The molecule has 0 aliphatic heterocycles. The lowest BCUT2D eigenvalue weighted by atomic mass is 10.0. The van der Waals surface area contributed by atoms with E-state index < -0.39 is 5.60 Å². The van der Waals surface area contributed by atoms with Crippen LogP contribution in [0, 0.1) is 5.92 Å². The van der Waals surface area contributed by atoms with Crippen molar-refractivity contribution in [2.75, 3.05) is 19.6 Å². The Kier molecular flexibility index (Phi) is 8.86. The van der Waals surface area contributed by atoms with Gasteiger partial charge in [0.25, 0.3) is 0 Å². The molecule has 0 unspecified atom stereocenters. The Morgan fingerprint density at radius 2 is 1.75 bits per heavy atom. The molecule has 0 heterocycles. The maximum atomic E-state index is 12.1. The van der Waals surface area contributed by atoms with Crippen LogP contribution in [0.1, 0.15) is 61.3 Å². The molecular formula is C16H34N2O2. The molecule has 0 aliphatic carbocycles.